The summed E-state index contributed by atoms with van der Waals surface area (Å²) >= 11 is 0. The summed E-state index contributed by atoms with van der Waals surface area (Å²) in [5, 5.41) is 0. The summed E-state index contributed by atoms with van der Waals surface area (Å²) in [5.74, 6) is -0.381. The Morgan fingerprint density at radius 2 is 2.07 bits per heavy atom. The smallest absolute Gasteiger partial charge is 0.255 e. The number of pyridine rings is 1. The Kier molecular flexibility index (Phi) is 4.58. The maximum atomic E-state index is 14.3. The normalized spacial score (nSPS) is 20.6. The summed E-state index contributed by atoms with van der Waals surface area (Å²) in [7, 11) is 1.65. The molecule has 2 atom stereocenters. The molecule has 1 aliphatic carbocycles. The van der Waals surface area contributed by atoms with Gasteiger partial charge in [0.1, 0.15) is 11.9 Å². The van der Waals surface area contributed by atoms with Crippen molar-refractivity contribution >= 4 is 5.95 Å². The number of fused-ring (bicyclic) bond motifs is 3. The minimum absolute atomic E-state index is 0.0938. The van der Waals surface area contributed by atoms with Gasteiger partial charge in [-0.05, 0) is 42.2 Å². The molecular weight excluding hydrogens is 390 g/mol. The van der Waals surface area contributed by atoms with Crippen LogP contribution in [0.15, 0.2) is 47.5 Å². The van der Waals surface area contributed by atoms with Gasteiger partial charge in [-0.3, -0.25) is 14.3 Å². The van der Waals surface area contributed by atoms with Gasteiger partial charge in [0.25, 0.3) is 5.56 Å². The van der Waals surface area contributed by atoms with Crippen molar-refractivity contribution in [3.8, 4) is 11.3 Å². The maximum absolute atomic E-state index is 14.3. The molecule has 2 aromatic heterocycles. The second kappa shape index (κ2) is 7.28. The van der Waals surface area contributed by atoms with E-state index in [0.717, 1.165) is 30.2 Å². The molecule has 0 N–H and O–H groups in total. The predicted molar refractivity (Wildman–Crippen MR) is 107 cm³/mol. The van der Waals surface area contributed by atoms with Gasteiger partial charge in [-0.2, -0.15) is 0 Å². The summed E-state index contributed by atoms with van der Waals surface area (Å²) in [6.07, 6.45) is 3.83. The molecule has 0 unspecified atom stereocenters. The Morgan fingerprint density at radius 1 is 1.20 bits per heavy atom. The molecule has 3 aromatic rings. The molecule has 0 saturated carbocycles. The van der Waals surface area contributed by atoms with E-state index in [1.54, 1.807) is 7.05 Å². The number of rotatable bonds is 2. The van der Waals surface area contributed by atoms with Crippen LogP contribution in [0.2, 0.25) is 0 Å². The lowest BCUT2D eigenvalue weighted by Crippen LogP contribution is -2.51. The van der Waals surface area contributed by atoms with Crippen LogP contribution in [-0.2, 0) is 18.2 Å². The number of benzene rings is 1. The van der Waals surface area contributed by atoms with E-state index in [0.29, 0.717) is 19.1 Å². The molecule has 0 spiro atoms. The first-order valence-electron chi connectivity index (χ1n) is 9.87. The lowest BCUT2D eigenvalue weighted by molar-refractivity contribution is 0.00157. The molecule has 1 fully saturated rings. The molecule has 2 aliphatic rings. The van der Waals surface area contributed by atoms with Crippen molar-refractivity contribution in [2.24, 2.45) is 7.05 Å². The van der Waals surface area contributed by atoms with Crippen LogP contribution in [0, 0.1) is 11.6 Å². The first-order valence-corrected chi connectivity index (χ1v) is 9.87. The molecule has 1 saturated heterocycles. The highest BCUT2D eigenvalue weighted by molar-refractivity contribution is 5.60. The first-order chi connectivity index (χ1) is 14.5. The van der Waals surface area contributed by atoms with Crippen LogP contribution in [0.5, 0.6) is 0 Å². The van der Waals surface area contributed by atoms with Gasteiger partial charge in [0.05, 0.1) is 24.5 Å². The third kappa shape index (κ3) is 3.08. The van der Waals surface area contributed by atoms with E-state index in [9.17, 15) is 13.6 Å². The highest BCUT2D eigenvalue weighted by Crippen LogP contribution is 2.39. The molecule has 0 bridgehead atoms. The summed E-state index contributed by atoms with van der Waals surface area (Å²) in [5.41, 5.74) is 2.13. The first kappa shape index (κ1) is 18.9. The number of halogens is 2. The SMILES string of the molecule is Cn1c(N2CCO[C@H]3c4cc(F)ccc4CC[C@H]32)nc(-c2ccncc2F)cc1=O. The molecule has 6 nitrogen and oxygen atoms in total. The summed E-state index contributed by atoms with van der Waals surface area (Å²) < 4.78 is 35.7. The number of ether oxygens (including phenoxy) is 1. The number of anilines is 1. The van der Waals surface area contributed by atoms with Gasteiger partial charge in [-0.25, -0.2) is 13.8 Å². The van der Waals surface area contributed by atoms with Crippen LogP contribution < -0.4 is 10.5 Å². The number of hydrogen-bond acceptors (Lipinski definition) is 5. The van der Waals surface area contributed by atoms with Gasteiger partial charge in [0.2, 0.25) is 5.95 Å². The molecule has 154 valence electrons. The molecule has 1 aliphatic heterocycles. The van der Waals surface area contributed by atoms with Gasteiger partial charge < -0.3 is 9.64 Å². The minimum Gasteiger partial charge on any atom is -0.370 e. The quantitative estimate of drug-likeness (QED) is 0.650. The van der Waals surface area contributed by atoms with Crippen molar-refractivity contribution < 1.29 is 13.5 Å². The zero-order valence-electron chi connectivity index (χ0n) is 16.4. The van der Waals surface area contributed by atoms with Gasteiger partial charge in [0.15, 0.2) is 5.82 Å². The second-order valence-electron chi connectivity index (χ2n) is 7.63. The third-order valence-electron chi connectivity index (χ3n) is 5.92. The van der Waals surface area contributed by atoms with Crippen LogP contribution in [0.1, 0.15) is 23.7 Å². The van der Waals surface area contributed by atoms with Crippen LogP contribution in [0.25, 0.3) is 11.3 Å². The highest BCUT2D eigenvalue weighted by atomic mass is 19.1. The van der Waals surface area contributed by atoms with E-state index >= 15 is 0 Å². The van der Waals surface area contributed by atoms with Crippen molar-refractivity contribution in [2.45, 2.75) is 25.0 Å². The van der Waals surface area contributed by atoms with E-state index in [-0.39, 0.29) is 34.8 Å². The van der Waals surface area contributed by atoms with E-state index < -0.39 is 5.82 Å². The van der Waals surface area contributed by atoms with E-state index in [1.807, 2.05) is 11.0 Å². The van der Waals surface area contributed by atoms with Crippen LogP contribution >= 0.6 is 0 Å². The minimum atomic E-state index is -0.536. The van der Waals surface area contributed by atoms with Gasteiger partial charge >= 0.3 is 0 Å². The summed E-state index contributed by atoms with van der Waals surface area (Å²) in [6.45, 7) is 0.954. The Morgan fingerprint density at radius 3 is 2.90 bits per heavy atom. The number of hydrogen-bond donors (Lipinski definition) is 0. The maximum Gasteiger partial charge on any atom is 0.255 e. The van der Waals surface area contributed by atoms with E-state index in [1.165, 1.54) is 35.0 Å². The molecule has 0 radical (unpaired) electrons. The van der Waals surface area contributed by atoms with Crippen LogP contribution in [0.3, 0.4) is 0 Å². The molecule has 5 rings (SSSR count). The molecule has 1 aromatic carbocycles. The molecule has 3 heterocycles. The fourth-order valence-electron chi connectivity index (χ4n) is 4.44. The monoisotopic (exact) mass is 410 g/mol. The summed E-state index contributed by atoms with van der Waals surface area (Å²) in [6, 6.07) is 7.55. The van der Waals surface area contributed by atoms with Crippen LogP contribution in [-0.4, -0.2) is 33.7 Å². The highest BCUT2D eigenvalue weighted by Gasteiger charge is 2.39. The van der Waals surface area contributed by atoms with E-state index in [4.69, 9.17) is 4.74 Å². The fourth-order valence-corrected chi connectivity index (χ4v) is 4.44. The second-order valence-corrected chi connectivity index (χ2v) is 7.63. The number of nitrogens with zero attached hydrogens (tertiary/aromatic N) is 4. The Labute approximate surface area is 171 Å². The molecule has 30 heavy (non-hydrogen) atoms. The zero-order valence-corrected chi connectivity index (χ0v) is 16.4. The van der Waals surface area contributed by atoms with Gasteiger partial charge in [0, 0.05) is 31.4 Å². The lowest BCUT2D eigenvalue weighted by Gasteiger charge is -2.45. The van der Waals surface area contributed by atoms with Crippen molar-refractivity contribution in [1.29, 1.82) is 0 Å². The topological polar surface area (TPSA) is 60.2 Å². The molecule has 0 amide bonds. The lowest BCUT2D eigenvalue weighted by atomic mass is 9.84. The van der Waals surface area contributed by atoms with Gasteiger partial charge in [-0.15, -0.1) is 0 Å². The zero-order chi connectivity index (χ0) is 20.8. The number of aromatic nitrogens is 3. The Balaban J connectivity index is 1.59. The number of morpholine rings is 1. The Bertz CT molecular complexity index is 1180. The van der Waals surface area contributed by atoms with Crippen LogP contribution in [0.4, 0.5) is 14.7 Å². The fraction of sp³-hybridized carbons (Fsp3) is 0.318. The average Bonchev–Trinajstić information content (AvgIpc) is 2.75. The standard InChI is InChI=1S/C22H20F2N4O2/c1-27-20(29)11-18(15-6-7-25-12-17(15)24)26-22(27)28-8-9-30-21-16-10-14(23)4-2-13(16)3-5-19(21)28/h2,4,6-7,10-12,19,21H,3,5,8-9H2,1H3/t19-,21+/m1/s1. The number of aryl methyl sites for hydroxylation is 1. The van der Waals surface area contributed by atoms with Crippen molar-refractivity contribution in [1.82, 2.24) is 14.5 Å². The Hall–Kier alpha value is -3.13. The third-order valence-corrected chi connectivity index (χ3v) is 5.92. The largest absolute Gasteiger partial charge is 0.370 e. The van der Waals surface area contributed by atoms with Crippen molar-refractivity contribution in [3.05, 3.63) is 75.8 Å². The predicted octanol–water partition coefficient (Wildman–Crippen LogP) is 3.01. The molecule has 8 heteroatoms. The average molecular weight is 410 g/mol. The van der Waals surface area contributed by atoms with Crippen molar-refractivity contribution in [2.75, 3.05) is 18.1 Å². The molecular formula is C22H20F2N4O2. The summed E-state index contributed by atoms with van der Waals surface area (Å²) in [4.78, 5) is 23.1. The van der Waals surface area contributed by atoms with E-state index in [2.05, 4.69) is 9.97 Å². The van der Waals surface area contributed by atoms with Gasteiger partial charge in [-0.1, -0.05) is 6.07 Å². The van der Waals surface area contributed by atoms with Crippen molar-refractivity contribution in [3.63, 3.8) is 0 Å².